The molecule has 2 aliphatic rings. The van der Waals surface area contributed by atoms with Crippen molar-refractivity contribution < 1.29 is 0 Å². The lowest BCUT2D eigenvalue weighted by Crippen LogP contribution is -2.31. The van der Waals surface area contributed by atoms with Crippen LogP contribution in [0.3, 0.4) is 0 Å². The lowest BCUT2D eigenvalue weighted by Gasteiger charge is -2.24. The summed E-state index contributed by atoms with van der Waals surface area (Å²) in [5.74, 6) is 1.86. The van der Waals surface area contributed by atoms with Gasteiger partial charge < -0.3 is 4.90 Å². The van der Waals surface area contributed by atoms with E-state index in [1.54, 1.807) is 0 Å². The zero-order valence-electron chi connectivity index (χ0n) is 9.45. The van der Waals surface area contributed by atoms with E-state index in [9.17, 15) is 0 Å². The maximum absolute atomic E-state index is 6.00. The summed E-state index contributed by atoms with van der Waals surface area (Å²) in [5.41, 5.74) is 2.77. The smallest absolute Gasteiger partial charge is 0.129 e. The molecular formula is C13H17ClN2. The number of pyridine rings is 1. The highest BCUT2D eigenvalue weighted by Crippen LogP contribution is 2.28. The van der Waals surface area contributed by atoms with Crippen molar-refractivity contribution in [3.63, 3.8) is 0 Å². The molecule has 0 bridgehead atoms. The Kier molecular flexibility index (Phi) is 2.76. The van der Waals surface area contributed by atoms with Crippen LogP contribution in [-0.4, -0.2) is 23.5 Å². The number of fused-ring (bicyclic) bond motifs is 1. The first-order valence-corrected chi connectivity index (χ1v) is 6.73. The molecular weight excluding hydrogens is 220 g/mol. The van der Waals surface area contributed by atoms with Crippen LogP contribution in [0.1, 0.15) is 30.5 Å². The number of alkyl halides is 1. The van der Waals surface area contributed by atoms with Gasteiger partial charge in [0, 0.05) is 24.2 Å². The Balaban J connectivity index is 1.89. The van der Waals surface area contributed by atoms with Crippen LogP contribution in [-0.2, 0) is 12.8 Å². The monoisotopic (exact) mass is 236 g/mol. The summed E-state index contributed by atoms with van der Waals surface area (Å²) in [4.78, 5) is 7.18. The Morgan fingerprint density at radius 1 is 1.31 bits per heavy atom. The van der Waals surface area contributed by atoms with Gasteiger partial charge in [0.25, 0.3) is 0 Å². The molecule has 0 spiro atoms. The molecule has 0 radical (unpaired) electrons. The number of hydrogen-bond acceptors (Lipinski definition) is 2. The van der Waals surface area contributed by atoms with E-state index in [0.717, 1.165) is 24.7 Å². The van der Waals surface area contributed by atoms with Gasteiger partial charge in [-0.2, -0.15) is 0 Å². The van der Waals surface area contributed by atoms with Gasteiger partial charge in [0.05, 0.1) is 0 Å². The Morgan fingerprint density at radius 2 is 2.25 bits per heavy atom. The predicted molar refractivity (Wildman–Crippen MR) is 67.4 cm³/mol. The number of halogens is 1. The van der Waals surface area contributed by atoms with E-state index in [0.29, 0.717) is 6.04 Å². The molecule has 0 amide bonds. The van der Waals surface area contributed by atoms with Crippen LogP contribution in [0.25, 0.3) is 0 Å². The van der Waals surface area contributed by atoms with Crippen molar-refractivity contribution in [3.8, 4) is 0 Å². The van der Waals surface area contributed by atoms with Gasteiger partial charge in [0.15, 0.2) is 0 Å². The summed E-state index contributed by atoms with van der Waals surface area (Å²) in [5, 5.41) is 0. The molecule has 0 saturated carbocycles. The van der Waals surface area contributed by atoms with Gasteiger partial charge >= 0.3 is 0 Å². The van der Waals surface area contributed by atoms with Crippen molar-refractivity contribution in [2.75, 3.05) is 17.3 Å². The molecule has 16 heavy (non-hydrogen) atoms. The Labute approximate surface area is 102 Å². The van der Waals surface area contributed by atoms with Crippen LogP contribution in [0.4, 0.5) is 5.82 Å². The third kappa shape index (κ3) is 1.69. The van der Waals surface area contributed by atoms with Gasteiger partial charge in [-0.3, -0.25) is 0 Å². The first-order valence-electron chi connectivity index (χ1n) is 6.20. The van der Waals surface area contributed by atoms with E-state index >= 15 is 0 Å². The molecule has 0 N–H and O–H groups in total. The van der Waals surface area contributed by atoms with Gasteiger partial charge in [-0.05, 0) is 43.7 Å². The third-order valence-electron chi connectivity index (χ3n) is 3.76. The lowest BCUT2D eigenvalue weighted by molar-refractivity contribution is 0.731. The molecule has 1 saturated heterocycles. The van der Waals surface area contributed by atoms with Crippen molar-refractivity contribution in [1.82, 2.24) is 4.98 Å². The van der Waals surface area contributed by atoms with Gasteiger partial charge in [0.2, 0.25) is 0 Å². The van der Waals surface area contributed by atoms with Crippen molar-refractivity contribution in [1.29, 1.82) is 0 Å². The van der Waals surface area contributed by atoms with Gasteiger partial charge in [0.1, 0.15) is 5.82 Å². The average Bonchev–Trinajstić information content (AvgIpc) is 2.96. The molecule has 1 fully saturated rings. The normalized spacial score (nSPS) is 23.8. The topological polar surface area (TPSA) is 16.1 Å². The average molecular weight is 237 g/mol. The highest BCUT2D eigenvalue weighted by molar-refractivity contribution is 6.18. The summed E-state index contributed by atoms with van der Waals surface area (Å²) in [6.07, 6.45) is 6.09. The van der Waals surface area contributed by atoms with E-state index in [2.05, 4.69) is 17.0 Å². The fourth-order valence-corrected chi connectivity index (χ4v) is 3.19. The molecule has 2 heterocycles. The number of aryl methyl sites for hydroxylation is 2. The van der Waals surface area contributed by atoms with E-state index in [1.807, 2.05) is 0 Å². The summed E-state index contributed by atoms with van der Waals surface area (Å²) >= 11 is 6.00. The number of aromatic nitrogens is 1. The Morgan fingerprint density at radius 3 is 3.12 bits per heavy atom. The predicted octanol–water partition coefficient (Wildman–Crippen LogP) is 2.78. The van der Waals surface area contributed by atoms with E-state index in [4.69, 9.17) is 16.6 Å². The Bertz CT molecular complexity index is 392. The van der Waals surface area contributed by atoms with Crippen LogP contribution < -0.4 is 4.90 Å². The Hall–Kier alpha value is -0.760. The van der Waals surface area contributed by atoms with Crippen molar-refractivity contribution in [3.05, 3.63) is 23.4 Å². The minimum Gasteiger partial charge on any atom is -0.352 e. The zero-order valence-corrected chi connectivity index (χ0v) is 10.2. The second-order valence-electron chi connectivity index (χ2n) is 4.77. The molecule has 1 aliphatic heterocycles. The van der Waals surface area contributed by atoms with E-state index in [-0.39, 0.29) is 0 Å². The van der Waals surface area contributed by atoms with Crippen LogP contribution >= 0.6 is 11.6 Å². The molecule has 1 aromatic rings. The lowest BCUT2D eigenvalue weighted by atomic mass is 10.2. The summed E-state index contributed by atoms with van der Waals surface area (Å²) in [6.45, 7) is 1.11. The van der Waals surface area contributed by atoms with E-state index in [1.165, 1.54) is 36.9 Å². The van der Waals surface area contributed by atoms with Crippen LogP contribution in [0.15, 0.2) is 12.1 Å². The highest BCUT2D eigenvalue weighted by atomic mass is 35.5. The van der Waals surface area contributed by atoms with Gasteiger partial charge in [-0.1, -0.05) is 6.07 Å². The molecule has 3 rings (SSSR count). The van der Waals surface area contributed by atoms with E-state index < -0.39 is 0 Å². The molecule has 1 aromatic heterocycles. The number of anilines is 1. The third-order valence-corrected chi connectivity index (χ3v) is 4.12. The maximum Gasteiger partial charge on any atom is 0.129 e. The second kappa shape index (κ2) is 4.25. The first-order chi connectivity index (χ1) is 7.88. The minimum atomic E-state index is 0.494. The van der Waals surface area contributed by atoms with Gasteiger partial charge in [-0.25, -0.2) is 4.98 Å². The van der Waals surface area contributed by atoms with Crippen molar-refractivity contribution in [2.24, 2.45) is 0 Å². The standard InChI is InChI=1S/C13H17ClN2/c14-9-11-4-2-8-16(11)13-7-6-10-3-1-5-12(10)15-13/h6-7,11H,1-5,8-9H2. The molecule has 3 heteroatoms. The van der Waals surface area contributed by atoms with Gasteiger partial charge in [-0.15, -0.1) is 11.6 Å². The van der Waals surface area contributed by atoms with Crippen LogP contribution in [0.5, 0.6) is 0 Å². The summed E-state index contributed by atoms with van der Waals surface area (Å²) in [7, 11) is 0. The second-order valence-corrected chi connectivity index (χ2v) is 5.08. The highest BCUT2D eigenvalue weighted by Gasteiger charge is 2.25. The SMILES string of the molecule is ClCC1CCCN1c1ccc2c(n1)CCC2. The molecule has 1 aliphatic carbocycles. The number of nitrogens with zero attached hydrogens (tertiary/aromatic N) is 2. The first kappa shape index (κ1) is 10.4. The molecule has 1 unspecified atom stereocenters. The van der Waals surface area contributed by atoms with Crippen LogP contribution in [0, 0.1) is 0 Å². The fourth-order valence-electron chi connectivity index (χ4n) is 2.87. The minimum absolute atomic E-state index is 0.494. The van der Waals surface area contributed by atoms with Crippen LogP contribution in [0.2, 0.25) is 0 Å². The van der Waals surface area contributed by atoms with Crippen molar-refractivity contribution in [2.45, 2.75) is 38.1 Å². The zero-order chi connectivity index (χ0) is 11.0. The van der Waals surface area contributed by atoms with Crippen molar-refractivity contribution >= 4 is 17.4 Å². The molecule has 0 aromatic carbocycles. The number of hydrogen-bond donors (Lipinski definition) is 0. The fraction of sp³-hybridized carbons (Fsp3) is 0.615. The molecule has 2 nitrogen and oxygen atoms in total. The quantitative estimate of drug-likeness (QED) is 0.735. The summed E-state index contributed by atoms with van der Waals surface area (Å²) < 4.78 is 0. The number of rotatable bonds is 2. The molecule has 1 atom stereocenters. The maximum atomic E-state index is 6.00. The summed E-state index contributed by atoms with van der Waals surface area (Å²) in [6, 6.07) is 4.93. The molecule has 86 valence electrons. The largest absolute Gasteiger partial charge is 0.352 e.